The first-order valence-electron chi connectivity index (χ1n) is 16.5. The number of H-pyrrole nitrogens is 1. The highest BCUT2D eigenvalue weighted by molar-refractivity contribution is 5.92. The van der Waals surface area contributed by atoms with E-state index in [1.807, 2.05) is 13.8 Å². The molecule has 0 saturated heterocycles. The lowest BCUT2D eigenvalue weighted by Gasteiger charge is -2.16. The minimum atomic E-state index is -1.23. The van der Waals surface area contributed by atoms with Crippen LogP contribution in [0.15, 0.2) is 36.8 Å². The summed E-state index contributed by atoms with van der Waals surface area (Å²) >= 11 is 0. The summed E-state index contributed by atoms with van der Waals surface area (Å²) in [6.07, 6.45) is 3.98. The van der Waals surface area contributed by atoms with E-state index < -0.39 is 78.0 Å². The first-order valence-corrected chi connectivity index (χ1v) is 16.5. The van der Waals surface area contributed by atoms with Crippen LogP contribution >= 0.6 is 0 Å². The lowest BCUT2D eigenvalue weighted by Crippen LogP contribution is -2.40. The van der Waals surface area contributed by atoms with Gasteiger partial charge in [0.15, 0.2) is 0 Å². The number of aromatic nitrogens is 2. The first-order chi connectivity index (χ1) is 24.9. The maximum Gasteiger partial charge on any atom is 0.331 e. The Kier molecular flexibility index (Phi) is 24.9. The van der Waals surface area contributed by atoms with Gasteiger partial charge in [-0.2, -0.15) is 0 Å². The molecule has 0 bridgehead atoms. The molecule has 1 heterocycles. The quantitative estimate of drug-likeness (QED) is 0.0497. The second-order valence-corrected chi connectivity index (χ2v) is 12.3. The molecule has 0 saturated carbocycles. The molecule has 1 aromatic heterocycles. The number of ether oxygens (including phenoxy) is 2. The standard InChI is InChI=1S/C15H22N2O4.C7H13N3O4.C6H9N3O2.C5H11NO2/c1-3-9(2)13(17)15(20)21-11-6-4-10(5-7-11)8-12(16)14(18)19;1-3(8)6(12)14-7(13)4(9)2-5(10)11;7-5(6(10)11)1-4-2-8-3-9-4;1-3(2)4(6)5(7)8/h4-7,9,12-13H,3,8,16-17H2,1-2H3,(H,18,19);3-4H,2,8-9H2,1H3,(H2,10,11);2-3,5H,1,7H2,(H,8,9)(H,10,11);3-4H,6H2,1-2H3,(H,7,8)/t9-,12-,13-;3-,4-;5-;4-/m0000/s1. The molecule has 7 atom stereocenters. The molecule has 0 aliphatic carbocycles. The fourth-order valence-corrected chi connectivity index (χ4v) is 3.28. The summed E-state index contributed by atoms with van der Waals surface area (Å²) in [5, 5.41) is 25.4. The minimum Gasteiger partial charge on any atom is -0.480 e. The van der Waals surface area contributed by atoms with Crippen LogP contribution in [0.5, 0.6) is 5.75 Å². The number of hydrogen-bond donors (Lipinski definition) is 11. The van der Waals surface area contributed by atoms with Crippen molar-refractivity contribution in [2.24, 2.45) is 52.0 Å². The van der Waals surface area contributed by atoms with Crippen molar-refractivity contribution < 1.29 is 58.4 Å². The number of aliphatic carboxylic acids is 3. The minimum absolute atomic E-state index is 0.0208. The normalized spacial score (nSPS) is 14.2. The maximum absolute atomic E-state index is 11.8. The van der Waals surface area contributed by atoms with Crippen LogP contribution in [0.3, 0.4) is 0 Å². The number of rotatable bonds is 16. The summed E-state index contributed by atoms with van der Waals surface area (Å²) in [7, 11) is 0. The fraction of sp³-hybridized carbons (Fsp3) is 0.515. The number of nitrogens with two attached hydrogens (primary N) is 7. The average Bonchev–Trinajstić information content (AvgIpc) is 3.61. The summed E-state index contributed by atoms with van der Waals surface area (Å²) in [6.45, 7) is 8.76. The van der Waals surface area contributed by atoms with Crippen LogP contribution in [-0.2, 0) is 51.1 Å². The van der Waals surface area contributed by atoms with Crippen molar-refractivity contribution in [1.29, 1.82) is 0 Å². The topological polar surface area (TPSA) is 409 Å². The fourth-order valence-electron chi connectivity index (χ4n) is 3.28. The van der Waals surface area contributed by atoms with Crippen LogP contribution in [0.2, 0.25) is 0 Å². The third-order valence-electron chi connectivity index (χ3n) is 7.06. The number of benzene rings is 1. The first kappa shape index (κ1) is 50.8. The van der Waals surface area contributed by atoms with Crippen molar-refractivity contribution in [1.82, 2.24) is 9.97 Å². The molecule has 1 amide bonds. The highest BCUT2D eigenvalue weighted by Crippen LogP contribution is 2.15. The third kappa shape index (κ3) is 22.6. The Morgan fingerprint density at radius 1 is 0.722 bits per heavy atom. The number of primary amides is 1. The molecule has 0 fully saturated rings. The van der Waals surface area contributed by atoms with E-state index in [1.54, 1.807) is 44.3 Å². The number of hydrogen-bond acceptors (Lipinski definition) is 16. The largest absolute Gasteiger partial charge is 0.480 e. The predicted molar refractivity (Wildman–Crippen MR) is 194 cm³/mol. The van der Waals surface area contributed by atoms with Gasteiger partial charge in [0.25, 0.3) is 0 Å². The van der Waals surface area contributed by atoms with E-state index in [-0.39, 0.29) is 31.1 Å². The molecule has 54 heavy (non-hydrogen) atoms. The molecule has 0 aliphatic heterocycles. The van der Waals surface area contributed by atoms with Gasteiger partial charge in [-0.1, -0.05) is 46.2 Å². The van der Waals surface area contributed by atoms with Gasteiger partial charge in [0, 0.05) is 18.3 Å². The second-order valence-electron chi connectivity index (χ2n) is 12.3. The van der Waals surface area contributed by atoms with E-state index in [4.69, 9.17) is 60.2 Å². The molecule has 1 aromatic carbocycles. The molecular formula is C33H55N9O12. The number of esters is 3. The van der Waals surface area contributed by atoms with E-state index in [9.17, 15) is 33.6 Å². The summed E-state index contributed by atoms with van der Waals surface area (Å²) in [4.78, 5) is 81.4. The van der Waals surface area contributed by atoms with E-state index in [2.05, 4.69) is 14.7 Å². The summed E-state index contributed by atoms with van der Waals surface area (Å²) in [5.74, 6) is -5.66. The van der Waals surface area contributed by atoms with E-state index in [0.29, 0.717) is 5.75 Å². The van der Waals surface area contributed by atoms with Gasteiger partial charge in [-0.15, -0.1) is 0 Å². The number of carbonyl (C=O) groups is 7. The van der Waals surface area contributed by atoms with Crippen molar-refractivity contribution in [3.63, 3.8) is 0 Å². The van der Waals surface area contributed by atoms with Crippen molar-refractivity contribution in [2.45, 2.75) is 96.6 Å². The lowest BCUT2D eigenvalue weighted by atomic mass is 10.0. The summed E-state index contributed by atoms with van der Waals surface area (Å²) in [5.41, 5.74) is 38.3. The second kappa shape index (κ2) is 26.4. The van der Waals surface area contributed by atoms with Crippen LogP contribution in [-0.4, -0.2) is 103 Å². The number of carboxylic acids is 3. The number of nitrogens with zero attached hydrogens (tertiary/aromatic N) is 1. The number of aromatic amines is 1. The van der Waals surface area contributed by atoms with Gasteiger partial charge in [0.2, 0.25) is 5.91 Å². The van der Waals surface area contributed by atoms with Gasteiger partial charge in [-0.05, 0) is 42.9 Å². The van der Waals surface area contributed by atoms with Crippen molar-refractivity contribution in [3.05, 3.63) is 48.0 Å². The van der Waals surface area contributed by atoms with Crippen LogP contribution < -0.4 is 44.9 Å². The number of imidazole rings is 1. The zero-order valence-corrected chi connectivity index (χ0v) is 30.9. The number of amides is 1. The smallest absolute Gasteiger partial charge is 0.331 e. The third-order valence-corrected chi connectivity index (χ3v) is 7.06. The van der Waals surface area contributed by atoms with Crippen LogP contribution in [0.4, 0.5) is 0 Å². The van der Waals surface area contributed by atoms with Crippen molar-refractivity contribution in [2.75, 3.05) is 0 Å². The molecule has 18 N–H and O–H groups in total. The molecule has 0 unspecified atom stereocenters. The van der Waals surface area contributed by atoms with Gasteiger partial charge in [-0.25, -0.2) is 19.4 Å². The number of nitrogens with one attached hydrogen (secondary N) is 1. The Bertz CT molecular complexity index is 1470. The Morgan fingerprint density at radius 2 is 1.24 bits per heavy atom. The monoisotopic (exact) mass is 769 g/mol. The highest BCUT2D eigenvalue weighted by Gasteiger charge is 2.23. The zero-order chi connectivity index (χ0) is 42.3. The maximum atomic E-state index is 11.8. The molecule has 0 aliphatic rings. The molecule has 0 radical (unpaired) electrons. The van der Waals surface area contributed by atoms with Crippen LogP contribution in [0.1, 0.15) is 58.7 Å². The number of carboxylic acid groups (broad SMARTS) is 3. The number of carbonyl (C=O) groups excluding carboxylic acids is 4. The SMILES string of the molecule is CC(C)[C@H](N)C(=O)O.CC[C@H](C)[C@H](N)C(=O)Oc1ccc(C[C@H](N)C(=O)O)cc1.C[C@H](N)C(=O)OC(=O)[C@@H](N)CC(N)=O.N[C@@H](Cc1cnc[nH]1)C(=O)O. The van der Waals surface area contributed by atoms with Crippen molar-refractivity contribution >= 4 is 41.7 Å². The van der Waals surface area contributed by atoms with Crippen molar-refractivity contribution in [3.8, 4) is 5.75 Å². The molecule has 2 rings (SSSR count). The Balaban J connectivity index is 0. The molecule has 21 nitrogen and oxygen atoms in total. The van der Waals surface area contributed by atoms with Gasteiger partial charge < -0.3 is 69.9 Å². The molecule has 2 aromatic rings. The Hall–Kier alpha value is -5.32. The predicted octanol–water partition coefficient (Wildman–Crippen LogP) is -2.06. The van der Waals surface area contributed by atoms with Crippen LogP contribution in [0.25, 0.3) is 0 Å². The van der Waals surface area contributed by atoms with E-state index in [1.165, 1.54) is 13.3 Å². The molecular weight excluding hydrogens is 714 g/mol. The molecule has 21 heteroatoms. The van der Waals surface area contributed by atoms with Gasteiger partial charge >= 0.3 is 35.8 Å². The Labute approximate surface area is 312 Å². The lowest BCUT2D eigenvalue weighted by molar-refractivity contribution is -0.162. The van der Waals surface area contributed by atoms with Gasteiger partial charge in [-0.3, -0.25) is 19.2 Å². The average molecular weight is 770 g/mol. The molecule has 304 valence electrons. The van der Waals surface area contributed by atoms with Crippen LogP contribution in [0, 0.1) is 11.8 Å². The van der Waals surface area contributed by atoms with Gasteiger partial charge in [0.05, 0.1) is 12.7 Å². The zero-order valence-electron chi connectivity index (χ0n) is 30.9. The molecule has 0 spiro atoms. The van der Waals surface area contributed by atoms with E-state index >= 15 is 0 Å². The van der Waals surface area contributed by atoms with Gasteiger partial charge in [0.1, 0.15) is 42.0 Å². The Morgan fingerprint density at radius 3 is 1.61 bits per heavy atom. The summed E-state index contributed by atoms with van der Waals surface area (Å²) in [6, 6.07) is 1.25. The van der Waals surface area contributed by atoms with E-state index in [0.717, 1.165) is 17.7 Å². The highest BCUT2D eigenvalue weighted by atomic mass is 16.6. The summed E-state index contributed by atoms with van der Waals surface area (Å²) < 4.78 is 9.43.